The van der Waals surface area contributed by atoms with Crippen LogP contribution in [0.3, 0.4) is 0 Å². The zero-order valence-corrected chi connectivity index (χ0v) is 17.4. The average Bonchev–Trinajstić information content (AvgIpc) is 2.78. The Labute approximate surface area is 192 Å². The van der Waals surface area contributed by atoms with Gasteiger partial charge < -0.3 is 5.32 Å². The number of rotatable bonds is 4. The molecule has 4 rings (SSSR count). The molecule has 0 fully saturated rings. The van der Waals surface area contributed by atoms with E-state index in [1.807, 2.05) is 0 Å². The molecule has 7 nitrogen and oxygen atoms in total. The van der Waals surface area contributed by atoms with Crippen LogP contribution in [-0.2, 0) is 12.4 Å². The minimum Gasteiger partial charge on any atom is -0.324 e. The summed E-state index contributed by atoms with van der Waals surface area (Å²) < 4.78 is 93.0. The van der Waals surface area contributed by atoms with Crippen molar-refractivity contribution in [2.45, 2.75) is 19.3 Å². The number of pyridine rings is 3. The maximum atomic E-state index is 14.5. The number of aromatic nitrogens is 6. The summed E-state index contributed by atoms with van der Waals surface area (Å²) in [6.45, 7) is 1.53. The van der Waals surface area contributed by atoms with E-state index in [2.05, 4.69) is 35.2 Å². The first-order chi connectivity index (χ1) is 16.4. The minimum atomic E-state index is -4.76. The SMILES string of the molecule is Cc1ccnc(F)c1-c1nc(Nc2ccnc(C(F)(F)F)c2)nc(-c2cccc(C(F)(F)F)n2)n1. The lowest BCUT2D eigenvalue weighted by molar-refractivity contribution is -0.141. The zero-order chi connectivity index (χ0) is 25.4. The molecule has 0 spiro atoms. The molecule has 0 amide bonds. The second kappa shape index (κ2) is 8.85. The third-order valence-electron chi connectivity index (χ3n) is 4.55. The molecule has 0 aromatic carbocycles. The molecule has 0 aliphatic rings. The van der Waals surface area contributed by atoms with Crippen LogP contribution in [0, 0.1) is 12.9 Å². The van der Waals surface area contributed by atoms with Gasteiger partial charge in [0.15, 0.2) is 11.6 Å². The van der Waals surface area contributed by atoms with Crippen LogP contribution in [0.5, 0.6) is 0 Å². The first-order valence-corrected chi connectivity index (χ1v) is 9.64. The van der Waals surface area contributed by atoms with Crippen LogP contribution >= 0.6 is 0 Å². The van der Waals surface area contributed by atoms with Crippen molar-refractivity contribution < 1.29 is 30.7 Å². The number of hydrogen-bond donors (Lipinski definition) is 1. The lowest BCUT2D eigenvalue weighted by Gasteiger charge is -2.12. The summed E-state index contributed by atoms with van der Waals surface area (Å²) in [6.07, 6.45) is -7.40. The van der Waals surface area contributed by atoms with Gasteiger partial charge in [0, 0.05) is 18.1 Å². The van der Waals surface area contributed by atoms with Crippen LogP contribution in [0.2, 0.25) is 0 Å². The van der Waals surface area contributed by atoms with E-state index in [1.54, 1.807) is 0 Å². The minimum absolute atomic E-state index is 0.129. The molecule has 4 aromatic rings. The van der Waals surface area contributed by atoms with Crippen LogP contribution < -0.4 is 5.32 Å². The Hall–Kier alpha value is -4.23. The number of hydrogen-bond acceptors (Lipinski definition) is 7. The highest BCUT2D eigenvalue weighted by Crippen LogP contribution is 2.32. The molecule has 0 saturated carbocycles. The Morgan fingerprint density at radius 1 is 0.743 bits per heavy atom. The Morgan fingerprint density at radius 2 is 1.43 bits per heavy atom. The highest BCUT2D eigenvalue weighted by Gasteiger charge is 2.33. The molecule has 180 valence electrons. The highest BCUT2D eigenvalue weighted by molar-refractivity contribution is 5.65. The summed E-state index contributed by atoms with van der Waals surface area (Å²) in [5, 5.41) is 2.53. The first kappa shape index (κ1) is 23.9. The number of aryl methyl sites for hydroxylation is 1. The fourth-order valence-electron chi connectivity index (χ4n) is 2.96. The van der Waals surface area contributed by atoms with E-state index in [9.17, 15) is 30.7 Å². The van der Waals surface area contributed by atoms with Gasteiger partial charge in [-0.1, -0.05) is 6.07 Å². The summed E-state index contributed by atoms with van der Waals surface area (Å²) >= 11 is 0. The molecule has 0 bridgehead atoms. The molecular weight excluding hydrogens is 483 g/mol. The predicted octanol–water partition coefficient (Wildman–Crippen LogP) is 5.62. The first-order valence-electron chi connectivity index (χ1n) is 9.64. The lowest BCUT2D eigenvalue weighted by atomic mass is 10.1. The molecule has 4 aromatic heterocycles. The molecule has 0 aliphatic carbocycles. The number of nitrogens with one attached hydrogen (secondary N) is 1. The van der Waals surface area contributed by atoms with Gasteiger partial charge in [-0.2, -0.15) is 40.7 Å². The van der Waals surface area contributed by atoms with Crippen molar-refractivity contribution >= 4 is 11.6 Å². The van der Waals surface area contributed by atoms with Crippen molar-refractivity contribution in [3.05, 3.63) is 71.7 Å². The van der Waals surface area contributed by atoms with Gasteiger partial charge in [0.25, 0.3) is 0 Å². The van der Waals surface area contributed by atoms with E-state index in [0.29, 0.717) is 11.6 Å². The van der Waals surface area contributed by atoms with E-state index in [-0.39, 0.29) is 34.5 Å². The summed E-state index contributed by atoms with van der Waals surface area (Å²) in [6, 6.07) is 6.34. The Kier molecular flexibility index (Phi) is 6.05. The van der Waals surface area contributed by atoms with Crippen molar-refractivity contribution in [1.82, 2.24) is 29.9 Å². The van der Waals surface area contributed by atoms with Crippen LogP contribution in [0.4, 0.5) is 42.4 Å². The summed E-state index contributed by atoms with van der Waals surface area (Å²) in [5.74, 6) is -2.03. The van der Waals surface area contributed by atoms with Crippen LogP contribution in [0.15, 0.2) is 48.8 Å². The molecule has 0 aliphatic heterocycles. The normalized spacial score (nSPS) is 12.0. The molecule has 35 heavy (non-hydrogen) atoms. The third-order valence-corrected chi connectivity index (χ3v) is 4.55. The van der Waals surface area contributed by atoms with Gasteiger partial charge in [0.2, 0.25) is 11.9 Å². The van der Waals surface area contributed by atoms with Gasteiger partial charge in [0.1, 0.15) is 17.1 Å². The van der Waals surface area contributed by atoms with Crippen molar-refractivity contribution in [3.8, 4) is 22.9 Å². The van der Waals surface area contributed by atoms with Crippen LogP contribution in [0.25, 0.3) is 22.9 Å². The van der Waals surface area contributed by atoms with E-state index in [1.165, 1.54) is 31.3 Å². The van der Waals surface area contributed by atoms with Gasteiger partial charge >= 0.3 is 12.4 Å². The summed E-state index contributed by atoms with van der Waals surface area (Å²) in [4.78, 5) is 22.4. The van der Waals surface area contributed by atoms with E-state index in [4.69, 9.17) is 0 Å². The number of halogens is 7. The Bertz CT molecular complexity index is 1370. The Morgan fingerprint density at radius 3 is 2.11 bits per heavy atom. The van der Waals surface area contributed by atoms with E-state index >= 15 is 0 Å². The Balaban J connectivity index is 1.86. The zero-order valence-electron chi connectivity index (χ0n) is 17.4. The molecule has 14 heteroatoms. The van der Waals surface area contributed by atoms with Crippen molar-refractivity contribution in [2.75, 3.05) is 5.32 Å². The number of alkyl halides is 6. The molecule has 1 N–H and O–H groups in total. The molecule has 0 atom stereocenters. The summed E-state index contributed by atoms with van der Waals surface area (Å²) in [5.41, 5.74) is -2.70. The quantitative estimate of drug-likeness (QED) is 0.290. The van der Waals surface area contributed by atoms with E-state index < -0.39 is 29.7 Å². The van der Waals surface area contributed by atoms with Gasteiger partial charge in [0.05, 0.1) is 5.56 Å². The fraction of sp³-hybridized carbons (Fsp3) is 0.143. The largest absolute Gasteiger partial charge is 0.433 e. The van der Waals surface area contributed by atoms with Crippen molar-refractivity contribution in [1.29, 1.82) is 0 Å². The van der Waals surface area contributed by atoms with Gasteiger partial charge in [-0.15, -0.1) is 0 Å². The smallest absolute Gasteiger partial charge is 0.324 e. The second-order valence-corrected chi connectivity index (χ2v) is 7.06. The van der Waals surface area contributed by atoms with Gasteiger partial charge in [-0.25, -0.2) is 15.0 Å². The monoisotopic (exact) mass is 495 g/mol. The van der Waals surface area contributed by atoms with Crippen LogP contribution in [-0.4, -0.2) is 29.9 Å². The standard InChI is InChI=1S/C21H12F7N7/c1-10-5-7-30-16(22)15(10)18-33-17(12-3-2-4-13(32-12)20(23,24)25)34-19(35-18)31-11-6-8-29-14(9-11)21(26,27)28/h2-9H,1H3,(H,29,31,33,34,35). The molecule has 0 saturated heterocycles. The van der Waals surface area contributed by atoms with Crippen molar-refractivity contribution in [3.63, 3.8) is 0 Å². The maximum Gasteiger partial charge on any atom is 0.433 e. The molecular formula is C21H12F7N7. The topological polar surface area (TPSA) is 89.4 Å². The predicted molar refractivity (Wildman–Crippen MR) is 109 cm³/mol. The molecule has 0 unspecified atom stereocenters. The molecule has 4 heterocycles. The fourth-order valence-corrected chi connectivity index (χ4v) is 2.96. The van der Waals surface area contributed by atoms with Crippen LogP contribution in [0.1, 0.15) is 17.0 Å². The van der Waals surface area contributed by atoms with E-state index in [0.717, 1.165) is 18.3 Å². The number of nitrogens with zero attached hydrogens (tertiary/aromatic N) is 6. The highest BCUT2D eigenvalue weighted by atomic mass is 19.4. The van der Waals surface area contributed by atoms with Gasteiger partial charge in [-0.05, 0) is 42.8 Å². The third kappa shape index (κ3) is 5.31. The molecule has 0 radical (unpaired) electrons. The lowest BCUT2D eigenvalue weighted by Crippen LogP contribution is -2.10. The number of anilines is 2. The second-order valence-electron chi connectivity index (χ2n) is 7.06. The maximum absolute atomic E-state index is 14.5. The average molecular weight is 495 g/mol. The van der Waals surface area contributed by atoms with Gasteiger partial charge in [-0.3, -0.25) is 4.98 Å². The summed E-state index contributed by atoms with van der Waals surface area (Å²) in [7, 11) is 0. The van der Waals surface area contributed by atoms with Crippen molar-refractivity contribution in [2.24, 2.45) is 0 Å².